The van der Waals surface area contributed by atoms with Crippen molar-refractivity contribution in [2.45, 2.75) is 45.6 Å². The maximum Gasteiger partial charge on any atom is 0.227 e. The normalized spacial score (nSPS) is 12.1. The van der Waals surface area contributed by atoms with Crippen molar-refractivity contribution >= 4 is 5.91 Å². The lowest BCUT2D eigenvalue weighted by molar-refractivity contribution is -0.123. The van der Waals surface area contributed by atoms with Gasteiger partial charge in [0.15, 0.2) is 0 Å². The first kappa shape index (κ1) is 20.1. The van der Waals surface area contributed by atoms with Crippen LogP contribution in [0.25, 0.3) is 0 Å². The van der Waals surface area contributed by atoms with E-state index >= 15 is 0 Å². The van der Waals surface area contributed by atoms with Gasteiger partial charge in [0.2, 0.25) is 5.91 Å². The van der Waals surface area contributed by atoms with Gasteiger partial charge >= 0.3 is 0 Å². The summed E-state index contributed by atoms with van der Waals surface area (Å²) < 4.78 is 5.70. The van der Waals surface area contributed by atoms with Crippen LogP contribution in [-0.2, 0) is 16.1 Å². The van der Waals surface area contributed by atoms with E-state index in [0.29, 0.717) is 19.1 Å². The number of hydrogen-bond donors (Lipinski definition) is 1. The highest BCUT2D eigenvalue weighted by Gasteiger charge is 2.19. The molecule has 1 amide bonds. The molecule has 1 aromatic heterocycles. The number of aromatic nitrogens is 1. The minimum atomic E-state index is -0.147. The Morgan fingerprint density at radius 1 is 1.04 bits per heavy atom. The van der Waals surface area contributed by atoms with Crippen molar-refractivity contribution in [1.29, 1.82) is 0 Å². The number of carbonyl (C=O) groups is 1. The van der Waals surface area contributed by atoms with Gasteiger partial charge in [0, 0.05) is 32.2 Å². The van der Waals surface area contributed by atoms with Crippen LogP contribution in [0, 0.1) is 5.92 Å². The van der Waals surface area contributed by atoms with Gasteiger partial charge < -0.3 is 10.1 Å². The van der Waals surface area contributed by atoms with Gasteiger partial charge in [-0.15, -0.1) is 0 Å². The van der Waals surface area contributed by atoms with Crippen molar-refractivity contribution in [2.24, 2.45) is 5.92 Å². The van der Waals surface area contributed by atoms with Crippen molar-refractivity contribution < 1.29 is 9.53 Å². The van der Waals surface area contributed by atoms with Crippen LogP contribution in [0.4, 0.5) is 0 Å². The van der Waals surface area contributed by atoms with Gasteiger partial charge in [-0.3, -0.25) is 9.78 Å². The lowest BCUT2D eigenvalue weighted by Gasteiger charge is -2.17. The Balaban J connectivity index is 1.86. The highest BCUT2D eigenvalue weighted by atomic mass is 16.5. The van der Waals surface area contributed by atoms with Crippen LogP contribution in [0.15, 0.2) is 54.9 Å². The van der Waals surface area contributed by atoms with Crippen molar-refractivity contribution in [3.8, 4) is 0 Å². The summed E-state index contributed by atoms with van der Waals surface area (Å²) in [4.78, 5) is 16.8. The van der Waals surface area contributed by atoms with Gasteiger partial charge in [0.25, 0.3) is 0 Å². The van der Waals surface area contributed by atoms with Crippen LogP contribution < -0.4 is 5.32 Å². The molecule has 0 aliphatic carbocycles. The molecule has 0 spiro atoms. The maximum atomic E-state index is 12.8. The van der Waals surface area contributed by atoms with E-state index in [2.05, 4.69) is 24.1 Å². The first-order chi connectivity index (χ1) is 12.7. The number of pyridine rings is 1. The fraction of sp³-hybridized carbons (Fsp3) is 0.455. The lowest BCUT2D eigenvalue weighted by Crippen LogP contribution is -2.29. The zero-order valence-electron chi connectivity index (χ0n) is 15.9. The summed E-state index contributed by atoms with van der Waals surface area (Å²) in [5, 5.41) is 3.06. The molecule has 0 radical (unpaired) electrons. The second-order valence-corrected chi connectivity index (χ2v) is 6.97. The van der Waals surface area contributed by atoms with Crippen molar-refractivity contribution in [2.75, 3.05) is 13.2 Å². The molecule has 4 nitrogen and oxygen atoms in total. The van der Waals surface area contributed by atoms with Gasteiger partial charge in [-0.25, -0.2) is 0 Å². The molecule has 0 aliphatic rings. The molecule has 0 fully saturated rings. The summed E-state index contributed by atoms with van der Waals surface area (Å²) in [6, 6.07) is 13.8. The predicted molar refractivity (Wildman–Crippen MR) is 105 cm³/mol. The average Bonchev–Trinajstić information content (AvgIpc) is 2.67. The number of amides is 1. The number of nitrogens with zero attached hydrogens (tertiary/aromatic N) is 1. The number of ether oxygens (including phenoxy) is 1. The Labute approximate surface area is 157 Å². The molecule has 1 atom stereocenters. The van der Waals surface area contributed by atoms with Crippen LogP contribution >= 0.6 is 0 Å². The van der Waals surface area contributed by atoms with Crippen molar-refractivity contribution in [1.82, 2.24) is 10.3 Å². The smallest absolute Gasteiger partial charge is 0.227 e. The molecule has 1 unspecified atom stereocenters. The standard InChI is InChI=1S/C22H30N2O2/c1-18(2)12-16-26-15-6-9-21(20-7-4-3-5-8-20)22(25)24-17-19-10-13-23-14-11-19/h3-5,7-8,10-11,13-14,18,21H,6,9,12,15-17H2,1-2H3,(H,24,25). The zero-order chi connectivity index (χ0) is 18.6. The SMILES string of the molecule is CC(C)CCOCCCC(C(=O)NCc1ccncc1)c1ccccc1. The number of hydrogen-bond acceptors (Lipinski definition) is 3. The van der Waals surface area contributed by atoms with Gasteiger partial charge in [0.05, 0.1) is 5.92 Å². The van der Waals surface area contributed by atoms with Gasteiger partial charge in [-0.1, -0.05) is 44.2 Å². The van der Waals surface area contributed by atoms with Crippen LogP contribution in [0.3, 0.4) is 0 Å². The first-order valence-corrected chi connectivity index (χ1v) is 9.46. The molecule has 1 N–H and O–H groups in total. The summed E-state index contributed by atoms with van der Waals surface area (Å²) >= 11 is 0. The average molecular weight is 354 g/mol. The Hall–Kier alpha value is -2.20. The quantitative estimate of drug-likeness (QED) is 0.611. The highest BCUT2D eigenvalue weighted by molar-refractivity contribution is 5.83. The summed E-state index contributed by atoms with van der Waals surface area (Å²) in [6.45, 7) is 6.41. The molecule has 0 aliphatic heterocycles. The number of benzene rings is 1. The Morgan fingerprint density at radius 2 is 1.77 bits per heavy atom. The molecule has 2 rings (SSSR count). The molecule has 0 saturated heterocycles. The fourth-order valence-corrected chi connectivity index (χ4v) is 2.76. The molecule has 140 valence electrons. The molecule has 0 saturated carbocycles. The molecule has 0 bridgehead atoms. The third-order valence-electron chi connectivity index (χ3n) is 4.36. The monoisotopic (exact) mass is 354 g/mol. The van der Waals surface area contributed by atoms with Gasteiger partial charge in [0.1, 0.15) is 0 Å². The molecule has 2 aromatic rings. The largest absolute Gasteiger partial charge is 0.381 e. The molecular weight excluding hydrogens is 324 g/mol. The third kappa shape index (κ3) is 7.36. The topological polar surface area (TPSA) is 51.2 Å². The zero-order valence-corrected chi connectivity index (χ0v) is 15.9. The molecule has 1 heterocycles. The van der Waals surface area contributed by atoms with Crippen LogP contribution in [-0.4, -0.2) is 24.1 Å². The predicted octanol–water partition coefficient (Wildman–Crippen LogP) is 4.32. The molecule has 4 heteroatoms. The van der Waals surface area contributed by atoms with Crippen LogP contribution in [0.1, 0.15) is 50.2 Å². The minimum absolute atomic E-state index is 0.0650. The van der Waals surface area contributed by atoms with E-state index in [1.54, 1.807) is 12.4 Å². The number of carbonyl (C=O) groups excluding carboxylic acids is 1. The summed E-state index contributed by atoms with van der Waals surface area (Å²) in [5.74, 6) is 0.577. The summed E-state index contributed by atoms with van der Waals surface area (Å²) in [6.07, 6.45) is 6.22. The second kappa shape index (κ2) is 11.4. The first-order valence-electron chi connectivity index (χ1n) is 9.46. The number of nitrogens with one attached hydrogen (secondary N) is 1. The third-order valence-corrected chi connectivity index (χ3v) is 4.36. The molecule has 1 aromatic carbocycles. The van der Waals surface area contributed by atoms with Gasteiger partial charge in [-0.2, -0.15) is 0 Å². The molecular formula is C22H30N2O2. The Bertz CT molecular complexity index is 629. The molecule has 26 heavy (non-hydrogen) atoms. The van der Waals surface area contributed by atoms with E-state index in [4.69, 9.17) is 4.74 Å². The van der Waals surface area contributed by atoms with E-state index in [1.807, 2.05) is 42.5 Å². The van der Waals surface area contributed by atoms with Crippen LogP contribution in [0.5, 0.6) is 0 Å². The van der Waals surface area contributed by atoms with Crippen molar-refractivity contribution in [3.63, 3.8) is 0 Å². The van der Waals surface area contributed by atoms with E-state index in [1.165, 1.54) is 0 Å². The lowest BCUT2D eigenvalue weighted by atomic mass is 9.93. The van der Waals surface area contributed by atoms with E-state index in [-0.39, 0.29) is 11.8 Å². The van der Waals surface area contributed by atoms with E-state index in [0.717, 1.165) is 37.0 Å². The van der Waals surface area contributed by atoms with Crippen LogP contribution in [0.2, 0.25) is 0 Å². The Morgan fingerprint density at radius 3 is 2.46 bits per heavy atom. The number of rotatable bonds is 11. The van der Waals surface area contributed by atoms with Crippen molar-refractivity contribution in [3.05, 3.63) is 66.0 Å². The summed E-state index contributed by atoms with van der Waals surface area (Å²) in [5.41, 5.74) is 2.11. The van der Waals surface area contributed by atoms with E-state index in [9.17, 15) is 4.79 Å². The Kier molecular flexibility index (Phi) is 8.84. The van der Waals surface area contributed by atoms with Gasteiger partial charge in [-0.05, 0) is 48.4 Å². The summed E-state index contributed by atoms with van der Waals surface area (Å²) in [7, 11) is 0. The van der Waals surface area contributed by atoms with E-state index < -0.39 is 0 Å². The fourth-order valence-electron chi connectivity index (χ4n) is 2.76. The minimum Gasteiger partial charge on any atom is -0.381 e. The maximum absolute atomic E-state index is 12.8. The highest BCUT2D eigenvalue weighted by Crippen LogP contribution is 2.22. The second-order valence-electron chi connectivity index (χ2n) is 6.97.